The zero-order chi connectivity index (χ0) is 13.3. The predicted octanol–water partition coefficient (Wildman–Crippen LogP) is 1.76. The first-order valence-corrected chi connectivity index (χ1v) is 6.99. The molecule has 1 aliphatic heterocycles. The molecule has 2 rings (SSSR count). The van der Waals surface area contributed by atoms with Crippen LogP contribution in [0, 0.1) is 0 Å². The smallest absolute Gasteiger partial charge is 0.248 e. The van der Waals surface area contributed by atoms with Crippen LogP contribution < -0.4 is 5.32 Å². The van der Waals surface area contributed by atoms with Gasteiger partial charge in [-0.1, -0.05) is 13.0 Å². The van der Waals surface area contributed by atoms with Crippen molar-refractivity contribution < 1.29 is 9.59 Å². The topological polar surface area (TPSA) is 49.4 Å². The Morgan fingerprint density at radius 2 is 2.17 bits per heavy atom. The summed E-state index contributed by atoms with van der Waals surface area (Å²) in [6.07, 6.45) is 0.638. The van der Waals surface area contributed by atoms with Crippen LogP contribution in [0.4, 0.5) is 0 Å². The molecular weight excluding hydrogens is 248 g/mol. The molecule has 1 atom stereocenters. The lowest BCUT2D eigenvalue weighted by Crippen LogP contribution is -2.67. The lowest BCUT2D eigenvalue weighted by Gasteiger charge is -2.42. The Morgan fingerprint density at radius 1 is 1.44 bits per heavy atom. The second kappa shape index (κ2) is 4.72. The van der Waals surface area contributed by atoms with Crippen LogP contribution in [-0.4, -0.2) is 28.3 Å². The van der Waals surface area contributed by atoms with E-state index in [-0.39, 0.29) is 17.9 Å². The summed E-state index contributed by atoms with van der Waals surface area (Å²) in [6.45, 7) is 5.95. The molecule has 1 unspecified atom stereocenters. The molecule has 0 aromatic carbocycles. The molecule has 0 radical (unpaired) electrons. The summed E-state index contributed by atoms with van der Waals surface area (Å²) in [5.74, 6) is -0.0685. The minimum Gasteiger partial charge on any atom is -0.340 e. The van der Waals surface area contributed by atoms with Crippen molar-refractivity contribution in [2.45, 2.75) is 45.3 Å². The molecule has 1 saturated heterocycles. The fourth-order valence-electron chi connectivity index (χ4n) is 2.25. The number of piperazine rings is 1. The summed E-state index contributed by atoms with van der Waals surface area (Å²) in [6, 6.07) is 3.60. The zero-order valence-electron chi connectivity index (χ0n) is 10.9. The minimum atomic E-state index is -0.806. The maximum Gasteiger partial charge on any atom is 0.248 e. The van der Waals surface area contributed by atoms with E-state index in [4.69, 9.17) is 0 Å². The highest BCUT2D eigenvalue weighted by atomic mass is 32.1. The van der Waals surface area contributed by atoms with E-state index in [1.54, 1.807) is 30.1 Å². The van der Waals surface area contributed by atoms with Gasteiger partial charge in [-0.2, -0.15) is 0 Å². The highest BCUT2D eigenvalue weighted by molar-refractivity contribution is 7.09. The van der Waals surface area contributed by atoms with E-state index in [0.29, 0.717) is 13.0 Å². The molecule has 98 valence electrons. The fraction of sp³-hybridized carbons (Fsp3) is 0.538. The quantitative estimate of drug-likeness (QED) is 0.906. The Hall–Kier alpha value is -1.36. The van der Waals surface area contributed by atoms with Crippen molar-refractivity contribution in [3.8, 4) is 0 Å². The van der Waals surface area contributed by atoms with E-state index < -0.39 is 5.54 Å². The first-order chi connectivity index (χ1) is 8.45. The number of amides is 2. The van der Waals surface area contributed by atoms with E-state index in [2.05, 4.69) is 5.32 Å². The third-order valence-corrected chi connectivity index (χ3v) is 4.06. The summed E-state index contributed by atoms with van der Waals surface area (Å²) < 4.78 is 0. The van der Waals surface area contributed by atoms with Crippen molar-refractivity contribution in [3.05, 3.63) is 22.4 Å². The molecule has 2 amide bonds. The van der Waals surface area contributed by atoms with Gasteiger partial charge in [-0.3, -0.25) is 9.59 Å². The van der Waals surface area contributed by atoms with E-state index in [0.717, 1.165) is 4.88 Å². The monoisotopic (exact) mass is 266 g/mol. The number of nitrogens with one attached hydrogen (secondary N) is 1. The van der Waals surface area contributed by atoms with E-state index in [1.165, 1.54) is 0 Å². The number of nitrogens with zero attached hydrogens (tertiary/aromatic N) is 1. The van der Waals surface area contributed by atoms with Gasteiger partial charge in [0.05, 0.1) is 6.54 Å². The molecule has 5 heteroatoms. The fourth-order valence-corrected chi connectivity index (χ4v) is 2.95. The molecule has 18 heavy (non-hydrogen) atoms. The maximum absolute atomic E-state index is 12.4. The lowest BCUT2D eigenvalue weighted by molar-refractivity contribution is -0.154. The highest BCUT2D eigenvalue weighted by Gasteiger charge is 2.44. The number of hydrogen-bond donors (Lipinski definition) is 1. The first kappa shape index (κ1) is 13.1. The number of thiophene rings is 1. The van der Waals surface area contributed by atoms with Crippen LogP contribution in [0.25, 0.3) is 0 Å². The lowest BCUT2D eigenvalue weighted by atomic mass is 9.95. The molecule has 0 spiro atoms. The third kappa shape index (κ3) is 2.27. The number of rotatable bonds is 3. The molecule has 1 fully saturated rings. The predicted molar refractivity (Wildman–Crippen MR) is 71.2 cm³/mol. The van der Waals surface area contributed by atoms with Crippen molar-refractivity contribution in [2.75, 3.05) is 0 Å². The van der Waals surface area contributed by atoms with Crippen LogP contribution >= 0.6 is 11.3 Å². The van der Waals surface area contributed by atoms with Gasteiger partial charge in [0.15, 0.2) is 0 Å². The SMILES string of the molecule is CCC1C(=O)NC(C)(C)C(=O)N1Cc1cccs1. The van der Waals surface area contributed by atoms with Crippen LogP contribution in [0.15, 0.2) is 17.5 Å². The summed E-state index contributed by atoms with van der Waals surface area (Å²) in [4.78, 5) is 27.2. The van der Waals surface area contributed by atoms with E-state index >= 15 is 0 Å². The standard InChI is InChI=1S/C13H18N2O2S/c1-4-10-11(16)14-13(2,3)12(17)15(10)8-9-6-5-7-18-9/h5-7,10H,4,8H2,1-3H3,(H,14,16). The van der Waals surface area contributed by atoms with Gasteiger partial charge in [0.2, 0.25) is 11.8 Å². The van der Waals surface area contributed by atoms with Gasteiger partial charge < -0.3 is 10.2 Å². The number of carbonyl (C=O) groups excluding carboxylic acids is 2. The van der Waals surface area contributed by atoms with Crippen molar-refractivity contribution in [3.63, 3.8) is 0 Å². The Kier molecular flexibility index (Phi) is 3.43. The molecular formula is C13H18N2O2S. The van der Waals surface area contributed by atoms with Crippen LogP contribution in [0.2, 0.25) is 0 Å². The average Bonchev–Trinajstić information content (AvgIpc) is 2.78. The van der Waals surface area contributed by atoms with Crippen LogP contribution in [0.1, 0.15) is 32.1 Å². The van der Waals surface area contributed by atoms with Gasteiger partial charge >= 0.3 is 0 Å². The number of carbonyl (C=O) groups is 2. The van der Waals surface area contributed by atoms with E-state index in [1.807, 2.05) is 24.4 Å². The maximum atomic E-state index is 12.4. The third-order valence-electron chi connectivity index (χ3n) is 3.20. The van der Waals surface area contributed by atoms with Crippen molar-refractivity contribution in [1.29, 1.82) is 0 Å². The van der Waals surface area contributed by atoms with Crippen LogP contribution in [0.3, 0.4) is 0 Å². The summed E-state index contributed by atoms with van der Waals surface area (Å²) in [5.41, 5.74) is -0.806. The molecule has 0 bridgehead atoms. The van der Waals surface area contributed by atoms with Gasteiger partial charge in [-0.25, -0.2) is 0 Å². The van der Waals surface area contributed by atoms with Crippen molar-refractivity contribution >= 4 is 23.2 Å². The molecule has 1 N–H and O–H groups in total. The largest absolute Gasteiger partial charge is 0.340 e. The number of hydrogen-bond acceptors (Lipinski definition) is 3. The second-order valence-electron chi connectivity index (χ2n) is 5.05. The highest BCUT2D eigenvalue weighted by Crippen LogP contribution is 2.23. The Balaban J connectivity index is 2.27. The van der Waals surface area contributed by atoms with Crippen LogP contribution in [-0.2, 0) is 16.1 Å². The zero-order valence-corrected chi connectivity index (χ0v) is 11.7. The Labute approximate surface area is 111 Å². The Bertz CT molecular complexity index is 454. The average molecular weight is 266 g/mol. The second-order valence-corrected chi connectivity index (χ2v) is 6.08. The molecule has 4 nitrogen and oxygen atoms in total. The van der Waals surface area contributed by atoms with Gasteiger partial charge in [-0.05, 0) is 31.7 Å². The van der Waals surface area contributed by atoms with Gasteiger partial charge in [-0.15, -0.1) is 11.3 Å². The van der Waals surface area contributed by atoms with Crippen molar-refractivity contribution in [1.82, 2.24) is 10.2 Å². The molecule has 0 saturated carbocycles. The van der Waals surface area contributed by atoms with Crippen molar-refractivity contribution in [2.24, 2.45) is 0 Å². The van der Waals surface area contributed by atoms with E-state index in [9.17, 15) is 9.59 Å². The van der Waals surface area contributed by atoms with Gasteiger partial charge in [0.1, 0.15) is 11.6 Å². The minimum absolute atomic E-state index is 0.0117. The van der Waals surface area contributed by atoms with Gasteiger partial charge in [0.25, 0.3) is 0 Å². The molecule has 1 aromatic heterocycles. The summed E-state index contributed by atoms with van der Waals surface area (Å²) in [7, 11) is 0. The Morgan fingerprint density at radius 3 is 2.72 bits per heavy atom. The summed E-state index contributed by atoms with van der Waals surface area (Å²) >= 11 is 1.61. The normalized spacial score (nSPS) is 23.1. The molecule has 1 aliphatic rings. The molecule has 2 heterocycles. The molecule has 1 aromatic rings. The summed E-state index contributed by atoms with van der Waals surface area (Å²) in [5, 5.41) is 4.77. The van der Waals surface area contributed by atoms with Gasteiger partial charge in [0, 0.05) is 4.88 Å². The van der Waals surface area contributed by atoms with Crippen LogP contribution in [0.5, 0.6) is 0 Å². The molecule has 0 aliphatic carbocycles. The first-order valence-electron chi connectivity index (χ1n) is 6.11.